The molecule has 0 aliphatic heterocycles. The molecule has 0 atom stereocenters. The summed E-state index contributed by atoms with van der Waals surface area (Å²) in [7, 11) is 0. The Balaban J connectivity index is 3.29. The van der Waals surface area contributed by atoms with E-state index in [2.05, 4.69) is 6.92 Å². The molecule has 0 aromatic carbocycles. The van der Waals surface area contributed by atoms with Crippen LogP contribution in [0.1, 0.15) is 72.1 Å². The Morgan fingerprint density at radius 2 is 1.67 bits per heavy atom. The molecule has 0 bridgehead atoms. The number of carbonyl (C=O) groups is 1. The van der Waals surface area contributed by atoms with Crippen LogP contribution in [-0.2, 0) is 9.53 Å². The second-order valence-corrected chi connectivity index (χ2v) is 5.34. The largest absolute Gasteiger partial charge is 0.462 e. The second-order valence-electron chi connectivity index (χ2n) is 5.34. The van der Waals surface area contributed by atoms with Crippen LogP contribution in [0, 0.1) is 5.92 Å². The molecule has 0 N–H and O–H groups in total. The summed E-state index contributed by atoms with van der Waals surface area (Å²) in [5.74, 6) is 0.206. The van der Waals surface area contributed by atoms with E-state index >= 15 is 0 Å². The summed E-state index contributed by atoms with van der Waals surface area (Å²) in [4.78, 5) is 11.2. The molecule has 0 spiro atoms. The van der Waals surface area contributed by atoms with Gasteiger partial charge in [-0.1, -0.05) is 65.4 Å². The van der Waals surface area contributed by atoms with Crippen molar-refractivity contribution in [3.05, 3.63) is 12.2 Å². The minimum Gasteiger partial charge on any atom is -0.462 e. The molecule has 0 saturated carbocycles. The van der Waals surface area contributed by atoms with Crippen LogP contribution in [0.5, 0.6) is 0 Å². The summed E-state index contributed by atoms with van der Waals surface area (Å²) in [6.07, 6.45) is 13.7. The zero-order valence-corrected chi connectivity index (χ0v) is 12.4. The molecule has 0 saturated heterocycles. The first-order chi connectivity index (χ1) is 8.66. The van der Waals surface area contributed by atoms with E-state index in [0.29, 0.717) is 12.5 Å². The fourth-order valence-electron chi connectivity index (χ4n) is 1.70. The lowest BCUT2D eigenvalue weighted by atomic mass is 10.1. The molecular formula is C16H30O2. The minimum atomic E-state index is -0.202. The topological polar surface area (TPSA) is 26.3 Å². The molecule has 0 rings (SSSR count). The first-order valence-corrected chi connectivity index (χ1v) is 7.50. The van der Waals surface area contributed by atoms with E-state index in [9.17, 15) is 4.79 Å². The van der Waals surface area contributed by atoms with Crippen LogP contribution in [0.25, 0.3) is 0 Å². The first kappa shape index (κ1) is 17.2. The van der Waals surface area contributed by atoms with Crippen molar-refractivity contribution in [1.29, 1.82) is 0 Å². The molecular weight excluding hydrogens is 224 g/mol. The van der Waals surface area contributed by atoms with Crippen molar-refractivity contribution in [2.24, 2.45) is 5.92 Å². The van der Waals surface area contributed by atoms with Crippen LogP contribution < -0.4 is 0 Å². The van der Waals surface area contributed by atoms with Crippen LogP contribution in [0.3, 0.4) is 0 Å². The third kappa shape index (κ3) is 13.3. The second kappa shape index (κ2) is 12.7. The van der Waals surface area contributed by atoms with Gasteiger partial charge in [-0.2, -0.15) is 0 Å². The minimum absolute atomic E-state index is 0.202. The van der Waals surface area contributed by atoms with Crippen LogP contribution in [0.4, 0.5) is 0 Å². The molecule has 0 fully saturated rings. The van der Waals surface area contributed by atoms with Gasteiger partial charge in [0.15, 0.2) is 0 Å². The van der Waals surface area contributed by atoms with E-state index in [1.807, 2.05) is 19.9 Å². The number of allylic oxidation sites excluding steroid dienone is 1. The summed E-state index contributed by atoms with van der Waals surface area (Å²) in [5.41, 5.74) is 0. The number of ether oxygens (including phenoxy) is 1. The smallest absolute Gasteiger partial charge is 0.330 e. The maximum absolute atomic E-state index is 11.2. The van der Waals surface area contributed by atoms with Gasteiger partial charge in [0.1, 0.15) is 0 Å². The van der Waals surface area contributed by atoms with Crippen molar-refractivity contribution in [1.82, 2.24) is 0 Å². The van der Waals surface area contributed by atoms with Crippen molar-refractivity contribution < 1.29 is 9.53 Å². The summed E-state index contributed by atoms with van der Waals surface area (Å²) in [5, 5.41) is 0. The molecule has 0 aliphatic carbocycles. The maximum Gasteiger partial charge on any atom is 0.330 e. The van der Waals surface area contributed by atoms with Gasteiger partial charge in [-0.25, -0.2) is 4.79 Å². The molecule has 2 heteroatoms. The van der Waals surface area contributed by atoms with Crippen molar-refractivity contribution >= 4 is 5.97 Å². The molecule has 0 aromatic heterocycles. The molecule has 0 unspecified atom stereocenters. The maximum atomic E-state index is 11.2. The number of hydrogen-bond donors (Lipinski definition) is 0. The Bertz CT molecular complexity index is 219. The highest BCUT2D eigenvalue weighted by Crippen LogP contribution is 2.08. The Morgan fingerprint density at radius 1 is 1.06 bits per heavy atom. The van der Waals surface area contributed by atoms with Gasteiger partial charge in [0, 0.05) is 6.08 Å². The summed E-state index contributed by atoms with van der Waals surface area (Å²) in [6, 6.07) is 0. The predicted molar refractivity (Wildman–Crippen MR) is 77.5 cm³/mol. The lowest BCUT2D eigenvalue weighted by molar-refractivity contribution is -0.138. The zero-order valence-electron chi connectivity index (χ0n) is 12.4. The monoisotopic (exact) mass is 254 g/mol. The highest BCUT2D eigenvalue weighted by molar-refractivity contribution is 5.81. The zero-order chi connectivity index (χ0) is 13.6. The van der Waals surface area contributed by atoms with E-state index in [4.69, 9.17) is 4.74 Å². The third-order valence-corrected chi connectivity index (χ3v) is 2.79. The molecule has 2 nitrogen and oxygen atoms in total. The lowest BCUT2D eigenvalue weighted by Gasteiger charge is -2.03. The Kier molecular flexibility index (Phi) is 12.1. The van der Waals surface area contributed by atoms with Gasteiger partial charge in [-0.15, -0.1) is 0 Å². The predicted octanol–water partition coefficient (Wildman–Crippen LogP) is 4.88. The van der Waals surface area contributed by atoms with Crippen molar-refractivity contribution in [2.75, 3.05) is 6.61 Å². The van der Waals surface area contributed by atoms with E-state index in [0.717, 1.165) is 6.42 Å². The molecule has 0 aromatic rings. The van der Waals surface area contributed by atoms with Gasteiger partial charge in [0.2, 0.25) is 0 Å². The van der Waals surface area contributed by atoms with Crippen molar-refractivity contribution in [3.8, 4) is 0 Å². The Hall–Kier alpha value is -0.790. The molecule has 106 valence electrons. The standard InChI is InChI=1S/C16H30O2/c1-4-5-6-7-8-9-10-11-12-13-16(17)18-14-15(2)3/h12-13,15H,4-11,14H2,1-3H3. The number of unbranched alkanes of at least 4 members (excludes halogenated alkanes) is 7. The quantitative estimate of drug-likeness (QED) is 0.298. The third-order valence-electron chi connectivity index (χ3n) is 2.79. The summed E-state index contributed by atoms with van der Waals surface area (Å²) in [6.45, 7) is 6.83. The van der Waals surface area contributed by atoms with E-state index in [-0.39, 0.29) is 5.97 Å². The highest BCUT2D eigenvalue weighted by Gasteiger charge is 1.98. The number of hydrogen-bond acceptors (Lipinski definition) is 2. The average molecular weight is 254 g/mol. The number of esters is 1. The van der Waals surface area contributed by atoms with Crippen molar-refractivity contribution in [2.45, 2.75) is 72.1 Å². The normalized spacial score (nSPS) is 11.3. The SMILES string of the molecule is CCCCCCCCCC=CC(=O)OCC(C)C. The number of rotatable bonds is 11. The fourth-order valence-corrected chi connectivity index (χ4v) is 1.70. The van der Waals surface area contributed by atoms with E-state index < -0.39 is 0 Å². The van der Waals surface area contributed by atoms with Crippen LogP contribution in [0.2, 0.25) is 0 Å². The van der Waals surface area contributed by atoms with Crippen LogP contribution in [0.15, 0.2) is 12.2 Å². The number of carbonyl (C=O) groups excluding carboxylic acids is 1. The lowest BCUT2D eigenvalue weighted by Crippen LogP contribution is -2.06. The van der Waals surface area contributed by atoms with Gasteiger partial charge in [-0.05, 0) is 18.8 Å². The summed E-state index contributed by atoms with van der Waals surface area (Å²) >= 11 is 0. The van der Waals surface area contributed by atoms with Crippen molar-refractivity contribution in [3.63, 3.8) is 0 Å². The molecule has 0 amide bonds. The van der Waals surface area contributed by atoms with E-state index in [1.54, 1.807) is 6.08 Å². The molecule has 18 heavy (non-hydrogen) atoms. The average Bonchev–Trinajstić information content (AvgIpc) is 2.34. The van der Waals surface area contributed by atoms with E-state index in [1.165, 1.54) is 44.9 Å². The summed E-state index contributed by atoms with van der Waals surface area (Å²) < 4.78 is 5.05. The van der Waals surface area contributed by atoms with Crippen LogP contribution >= 0.6 is 0 Å². The Labute approximate surface area is 113 Å². The Morgan fingerprint density at radius 3 is 2.28 bits per heavy atom. The van der Waals surface area contributed by atoms with Gasteiger partial charge in [0.05, 0.1) is 6.61 Å². The van der Waals surface area contributed by atoms with Gasteiger partial charge in [-0.3, -0.25) is 0 Å². The van der Waals surface area contributed by atoms with Gasteiger partial charge in [0.25, 0.3) is 0 Å². The first-order valence-electron chi connectivity index (χ1n) is 7.50. The molecule has 0 heterocycles. The fraction of sp³-hybridized carbons (Fsp3) is 0.812. The van der Waals surface area contributed by atoms with Gasteiger partial charge < -0.3 is 4.74 Å². The molecule has 0 aliphatic rings. The molecule has 0 radical (unpaired) electrons. The van der Waals surface area contributed by atoms with Crippen LogP contribution in [-0.4, -0.2) is 12.6 Å². The van der Waals surface area contributed by atoms with Gasteiger partial charge >= 0.3 is 5.97 Å². The highest BCUT2D eigenvalue weighted by atomic mass is 16.5.